The van der Waals surface area contributed by atoms with Crippen molar-refractivity contribution < 1.29 is 18.3 Å². The monoisotopic (exact) mass is 304 g/mol. The Hall–Kier alpha value is 0.0569. The first-order chi connectivity index (χ1) is 9.76. The third-order valence-corrected chi connectivity index (χ3v) is 7.39. The van der Waals surface area contributed by atoms with E-state index in [2.05, 4.69) is 20.8 Å². The summed E-state index contributed by atoms with van der Waals surface area (Å²) in [6, 6.07) is 2.22. The van der Waals surface area contributed by atoms with Gasteiger partial charge >= 0.3 is 8.56 Å². The van der Waals surface area contributed by atoms with E-state index in [1.54, 1.807) is 0 Å². The first-order valence-corrected chi connectivity index (χ1v) is 10.5. The first kappa shape index (κ1) is 18.1. The van der Waals surface area contributed by atoms with Gasteiger partial charge in [-0.25, -0.2) is 0 Å². The summed E-state index contributed by atoms with van der Waals surface area (Å²) in [5, 5.41) is 0. The lowest BCUT2D eigenvalue weighted by Crippen LogP contribution is -2.42. The van der Waals surface area contributed by atoms with Gasteiger partial charge in [-0.3, -0.25) is 0 Å². The van der Waals surface area contributed by atoms with Gasteiger partial charge in [-0.05, 0) is 38.8 Å². The molecule has 120 valence electrons. The molecule has 1 saturated heterocycles. The summed E-state index contributed by atoms with van der Waals surface area (Å²) in [7, 11) is -1.97. The SMILES string of the molecule is CCCC[Si](CCCCOCC1CO1)(OCC)OCC. The van der Waals surface area contributed by atoms with Crippen LogP contribution in [-0.2, 0) is 18.3 Å². The van der Waals surface area contributed by atoms with E-state index in [0.717, 1.165) is 58.0 Å². The summed E-state index contributed by atoms with van der Waals surface area (Å²) in [5.41, 5.74) is 0. The van der Waals surface area contributed by atoms with Gasteiger partial charge in [0.2, 0.25) is 0 Å². The molecule has 1 atom stereocenters. The molecule has 1 unspecified atom stereocenters. The maximum atomic E-state index is 6.08. The highest BCUT2D eigenvalue weighted by molar-refractivity contribution is 6.67. The molecule has 0 aliphatic carbocycles. The maximum Gasteiger partial charge on any atom is 0.338 e. The minimum absolute atomic E-state index is 0.375. The van der Waals surface area contributed by atoms with Crippen molar-refractivity contribution in [3.05, 3.63) is 0 Å². The van der Waals surface area contributed by atoms with Crippen molar-refractivity contribution in [2.45, 2.75) is 64.6 Å². The van der Waals surface area contributed by atoms with E-state index in [0.29, 0.717) is 6.10 Å². The summed E-state index contributed by atoms with van der Waals surface area (Å²) >= 11 is 0. The Morgan fingerprint density at radius 3 is 2.20 bits per heavy atom. The second kappa shape index (κ2) is 10.7. The molecule has 0 aromatic heterocycles. The summed E-state index contributed by atoms with van der Waals surface area (Å²) < 4.78 is 22.9. The lowest BCUT2D eigenvalue weighted by atomic mass is 10.3. The fourth-order valence-electron chi connectivity index (χ4n) is 2.41. The lowest BCUT2D eigenvalue weighted by molar-refractivity contribution is 0.113. The Bertz CT molecular complexity index is 228. The van der Waals surface area contributed by atoms with E-state index in [1.165, 1.54) is 12.8 Å². The summed E-state index contributed by atoms with van der Waals surface area (Å²) in [4.78, 5) is 0. The van der Waals surface area contributed by atoms with Gasteiger partial charge < -0.3 is 18.3 Å². The zero-order valence-corrected chi connectivity index (χ0v) is 14.5. The Labute approximate surface area is 125 Å². The largest absolute Gasteiger partial charge is 0.394 e. The summed E-state index contributed by atoms with van der Waals surface area (Å²) in [6.07, 6.45) is 5.02. The number of ether oxygens (including phenoxy) is 2. The predicted octanol–water partition coefficient (Wildman–Crippen LogP) is 3.50. The number of unbranched alkanes of at least 4 members (excludes halogenated alkanes) is 2. The van der Waals surface area contributed by atoms with Crippen LogP contribution < -0.4 is 0 Å². The molecule has 0 radical (unpaired) electrons. The minimum atomic E-state index is -1.97. The molecule has 1 heterocycles. The van der Waals surface area contributed by atoms with Crippen LogP contribution in [0.3, 0.4) is 0 Å². The summed E-state index contributed by atoms with van der Waals surface area (Å²) in [5.74, 6) is 0. The summed E-state index contributed by atoms with van der Waals surface area (Å²) in [6.45, 7) is 10.4. The average molecular weight is 305 g/mol. The molecule has 0 spiro atoms. The van der Waals surface area contributed by atoms with Crippen molar-refractivity contribution in [3.8, 4) is 0 Å². The fourth-order valence-corrected chi connectivity index (χ4v) is 6.05. The van der Waals surface area contributed by atoms with Gasteiger partial charge in [-0.2, -0.15) is 0 Å². The second-order valence-electron chi connectivity index (χ2n) is 5.37. The van der Waals surface area contributed by atoms with E-state index in [-0.39, 0.29) is 0 Å². The van der Waals surface area contributed by atoms with Crippen molar-refractivity contribution in [2.75, 3.05) is 33.0 Å². The van der Waals surface area contributed by atoms with Gasteiger partial charge in [0.25, 0.3) is 0 Å². The first-order valence-electron chi connectivity index (χ1n) is 8.23. The Kier molecular flexibility index (Phi) is 9.72. The molecule has 0 saturated carbocycles. The molecule has 1 aliphatic rings. The van der Waals surface area contributed by atoms with Gasteiger partial charge in [0.1, 0.15) is 6.10 Å². The predicted molar refractivity (Wildman–Crippen MR) is 83.3 cm³/mol. The zero-order valence-electron chi connectivity index (χ0n) is 13.5. The molecule has 1 fully saturated rings. The Morgan fingerprint density at radius 1 is 1.00 bits per heavy atom. The Morgan fingerprint density at radius 2 is 1.65 bits per heavy atom. The lowest BCUT2D eigenvalue weighted by Gasteiger charge is -2.30. The molecular weight excluding hydrogens is 272 g/mol. The second-order valence-corrected chi connectivity index (χ2v) is 8.77. The number of hydrogen-bond donors (Lipinski definition) is 0. The van der Waals surface area contributed by atoms with Crippen LogP contribution in [0.2, 0.25) is 12.1 Å². The quantitative estimate of drug-likeness (QED) is 0.280. The van der Waals surface area contributed by atoms with Crippen LogP contribution >= 0.6 is 0 Å². The van der Waals surface area contributed by atoms with E-state index in [9.17, 15) is 0 Å². The van der Waals surface area contributed by atoms with E-state index in [4.69, 9.17) is 18.3 Å². The van der Waals surface area contributed by atoms with Gasteiger partial charge in [0, 0.05) is 19.8 Å². The molecule has 0 aromatic rings. The highest BCUT2D eigenvalue weighted by Crippen LogP contribution is 2.24. The van der Waals surface area contributed by atoms with Crippen LogP contribution in [0.5, 0.6) is 0 Å². The van der Waals surface area contributed by atoms with Crippen LogP contribution in [0.1, 0.15) is 46.5 Å². The van der Waals surface area contributed by atoms with Gasteiger partial charge in [-0.15, -0.1) is 0 Å². The zero-order chi connectivity index (χ0) is 14.7. The Balaban J connectivity index is 2.21. The molecule has 0 bridgehead atoms. The van der Waals surface area contributed by atoms with E-state index in [1.807, 2.05) is 0 Å². The highest BCUT2D eigenvalue weighted by atomic mass is 28.4. The standard InChI is InChI=1S/C15H32O4Si/c1-4-7-11-20(18-5-2,19-6-3)12-9-8-10-16-13-15-14-17-15/h15H,4-14H2,1-3H3. The van der Waals surface area contributed by atoms with E-state index >= 15 is 0 Å². The van der Waals surface area contributed by atoms with E-state index < -0.39 is 8.56 Å². The molecule has 4 nitrogen and oxygen atoms in total. The number of rotatable bonds is 14. The molecule has 5 heteroatoms. The highest BCUT2D eigenvalue weighted by Gasteiger charge is 2.35. The van der Waals surface area contributed by atoms with Crippen molar-refractivity contribution in [2.24, 2.45) is 0 Å². The van der Waals surface area contributed by atoms with Gasteiger partial charge in [0.05, 0.1) is 13.2 Å². The van der Waals surface area contributed by atoms with Gasteiger partial charge in [0.15, 0.2) is 0 Å². The van der Waals surface area contributed by atoms with Crippen molar-refractivity contribution in [3.63, 3.8) is 0 Å². The molecule has 20 heavy (non-hydrogen) atoms. The van der Waals surface area contributed by atoms with Crippen LogP contribution in [0.4, 0.5) is 0 Å². The van der Waals surface area contributed by atoms with Crippen LogP contribution in [0.25, 0.3) is 0 Å². The van der Waals surface area contributed by atoms with Crippen molar-refractivity contribution in [1.29, 1.82) is 0 Å². The maximum absolute atomic E-state index is 6.08. The number of epoxide rings is 1. The van der Waals surface area contributed by atoms with Crippen molar-refractivity contribution in [1.82, 2.24) is 0 Å². The molecule has 0 N–H and O–H groups in total. The van der Waals surface area contributed by atoms with Crippen LogP contribution in [0, 0.1) is 0 Å². The fraction of sp³-hybridized carbons (Fsp3) is 1.00. The molecule has 0 aromatic carbocycles. The van der Waals surface area contributed by atoms with Gasteiger partial charge in [-0.1, -0.05) is 19.8 Å². The van der Waals surface area contributed by atoms with Crippen LogP contribution in [0.15, 0.2) is 0 Å². The normalized spacial score (nSPS) is 18.4. The molecule has 0 amide bonds. The minimum Gasteiger partial charge on any atom is -0.394 e. The number of hydrogen-bond acceptors (Lipinski definition) is 4. The topological polar surface area (TPSA) is 40.2 Å². The average Bonchev–Trinajstić information content (AvgIpc) is 3.25. The van der Waals surface area contributed by atoms with Crippen molar-refractivity contribution >= 4 is 8.56 Å². The molecule has 1 aliphatic heterocycles. The third-order valence-electron chi connectivity index (χ3n) is 3.53. The molecular formula is C15H32O4Si. The smallest absolute Gasteiger partial charge is 0.338 e. The third kappa shape index (κ3) is 7.74. The molecule has 1 rings (SSSR count). The van der Waals surface area contributed by atoms with Crippen LogP contribution in [-0.4, -0.2) is 47.7 Å².